The first-order valence-corrected chi connectivity index (χ1v) is 7.14. The minimum absolute atomic E-state index is 0. The molecule has 2 atom stereocenters. The third kappa shape index (κ3) is 3.07. The second kappa shape index (κ2) is 5.18. The Labute approximate surface area is 103 Å². The fourth-order valence-corrected chi connectivity index (χ4v) is 3.01. The highest BCUT2D eigenvalue weighted by Crippen LogP contribution is 2.37. The molecular weight excluding hydrogens is 252 g/mol. The summed E-state index contributed by atoms with van der Waals surface area (Å²) in [5.41, 5.74) is 0.0708. The van der Waals surface area contributed by atoms with Crippen LogP contribution in [0.4, 0.5) is 0 Å². The van der Waals surface area contributed by atoms with Crippen molar-refractivity contribution in [1.82, 2.24) is 10.0 Å². The molecule has 2 unspecified atom stereocenters. The molecule has 0 aromatic carbocycles. The van der Waals surface area contributed by atoms with Crippen molar-refractivity contribution in [2.45, 2.75) is 6.42 Å². The second-order valence-corrected chi connectivity index (χ2v) is 6.44. The largest absolute Gasteiger partial charge is 0.381 e. The van der Waals surface area contributed by atoms with Gasteiger partial charge in [-0.05, 0) is 6.42 Å². The van der Waals surface area contributed by atoms with Crippen LogP contribution in [0.5, 0.6) is 0 Å². The minimum atomic E-state index is -3.09. The van der Waals surface area contributed by atoms with Gasteiger partial charge in [-0.1, -0.05) is 0 Å². The molecular formula is C9H19ClN2O3S. The molecule has 0 bridgehead atoms. The summed E-state index contributed by atoms with van der Waals surface area (Å²) in [6.45, 7) is 3.85. The Morgan fingerprint density at radius 3 is 3.00 bits per heavy atom. The van der Waals surface area contributed by atoms with Crippen LogP contribution in [0.2, 0.25) is 0 Å². The van der Waals surface area contributed by atoms with Crippen LogP contribution in [0.25, 0.3) is 0 Å². The summed E-state index contributed by atoms with van der Waals surface area (Å²) < 4.78 is 30.2. The van der Waals surface area contributed by atoms with Crippen molar-refractivity contribution in [2.24, 2.45) is 11.3 Å². The molecule has 2 N–H and O–H groups in total. The monoisotopic (exact) mass is 270 g/mol. The Balaban J connectivity index is 0.00000128. The fourth-order valence-electron chi connectivity index (χ4n) is 2.46. The highest BCUT2D eigenvalue weighted by atomic mass is 35.5. The molecule has 0 aromatic rings. The van der Waals surface area contributed by atoms with Crippen LogP contribution < -0.4 is 10.0 Å². The van der Waals surface area contributed by atoms with E-state index in [0.29, 0.717) is 12.5 Å². The molecule has 0 aliphatic carbocycles. The molecule has 96 valence electrons. The summed E-state index contributed by atoms with van der Waals surface area (Å²) in [6.07, 6.45) is 2.15. The zero-order chi connectivity index (χ0) is 10.9. The van der Waals surface area contributed by atoms with Crippen LogP contribution in [0.15, 0.2) is 0 Å². The van der Waals surface area contributed by atoms with Crippen molar-refractivity contribution < 1.29 is 13.2 Å². The summed E-state index contributed by atoms with van der Waals surface area (Å²) in [5.74, 6) is 0.445. The molecule has 0 amide bonds. The molecule has 2 aliphatic rings. The Morgan fingerprint density at radius 1 is 1.56 bits per heavy atom. The van der Waals surface area contributed by atoms with Crippen LogP contribution in [0.3, 0.4) is 0 Å². The van der Waals surface area contributed by atoms with Gasteiger partial charge in [0.25, 0.3) is 0 Å². The van der Waals surface area contributed by atoms with Crippen LogP contribution in [-0.4, -0.2) is 47.5 Å². The standard InChI is InChI=1S/C9H18N2O3S.ClH/c1-15(12,13)11-7-9-2-3-14-5-8(9)4-10-6-9;/h8,10-11H,2-7H2,1H3;1H. The molecule has 2 saturated heterocycles. The van der Waals surface area contributed by atoms with Crippen LogP contribution in [0.1, 0.15) is 6.42 Å². The quantitative estimate of drug-likeness (QED) is 0.731. The lowest BCUT2D eigenvalue weighted by Crippen LogP contribution is -2.46. The first-order valence-electron chi connectivity index (χ1n) is 5.25. The van der Waals surface area contributed by atoms with Gasteiger partial charge in [-0.25, -0.2) is 13.1 Å². The van der Waals surface area contributed by atoms with E-state index in [1.54, 1.807) is 0 Å². The van der Waals surface area contributed by atoms with Crippen molar-refractivity contribution in [3.05, 3.63) is 0 Å². The fraction of sp³-hybridized carbons (Fsp3) is 1.00. The molecule has 0 radical (unpaired) electrons. The van der Waals surface area contributed by atoms with Crippen molar-refractivity contribution in [3.8, 4) is 0 Å². The lowest BCUT2D eigenvalue weighted by molar-refractivity contribution is -0.0118. The number of sulfonamides is 1. The molecule has 2 heterocycles. The van der Waals surface area contributed by atoms with E-state index in [9.17, 15) is 8.42 Å². The van der Waals surface area contributed by atoms with E-state index in [1.165, 1.54) is 6.26 Å². The van der Waals surface area contributed by atoms with E-state index >= 15 is 0 Å². The minimum Gasteiger partial charge on any atom is -0.381 e. The number of nitrogens with one attached hydrogen (secondary N) is 2. The number of hydrogen-bond acceptors (Lipinski definition) is 4. The third-order valence-electron chi connectivity index (χ3n) is 3.48. The Hall–Kier alpha value is 0.120. The number of halogens is 1. The Bertz CT molecular complexity index is 336. The molecule has 7 heteroatoms. The summed E-state index contributed by atoms with van der Waals surface area (Å²) in [4.78, 5) is 0. The van der Waals surface area contributed by atoms with E-state index < -0.39 is 10.0 Å². The second-order valence-electron chi connectivity index (χ2n) is 4.61. The Kier molecular flexibility index (Phi) is 4.59. The molecule has 2 aliphatic heterocycles. The first kappa shape index (κ1) is 14.2. The van der Waals surface area contributed by atoms with E-state index in [0.717, 1.165) is 32.7 Å². The molecule has 16 heavy (non-hydrogen) atoms. The zero-order valence-corrected chi connectivity index (χ0v) is 11.0. The van der Waals surface area contributed by atoms with Crippen LogP contribution in [0, 0.1) is 11.3 Å². The van der Waals surface area contributed by atoms with Crippen LogP contribution in [-0.2, 0) is 14.8 Å². The van der Waals surface area contributed by atoms with Gasteiger partial charge in [0, 0.05) is 37.6 Å². The van der Waals surface area contributed by atoms with E-state index in [2.05, 4.69) is 10.0 Å². The maximum Gasteiger partial charge on any atom is 0.208 e. The lowest BCUT2D eigenvalue weighted by Gasteiger charge is -2.38. The number of hydrogen-bond donors (Lipinski definition) is 2. The lowest BCUT2D eigenvalue weighted by atomic mass is 9.74. The molecule has 5 nitrogen and oxygen atoms in total. The summed E-state index contributed by atoms with van der Waals surface area (Å²) in [5, 5.41) is 3.33. The Morgan fingerprint density at radius 2 is 2.31 bits per heavy atom. The normalized spacial score (nSPS) is 34.2. The highest BCUT2D eigenvalue weighted by molar-refractivity contribution is 7.88. The average Bonchev–Trinajstić information content (AvgIpc) is 2.57. The van der Waals surface area contributed by atoms with Gasteiger partial charge in [0.2, 0.25) is 10.0 Å². The molecule has 0 saturated carbocycles. The first-order chi connectivity index (χ1) is 7.02. The predicted molar refractivity (Wildman–Crippen MR) is 64.3 cm³/mol. The average molecular weight is 271 g/mol. The van der Waals surface area contributed by atoms with E-state index in [1.807, 2.05) is 0 Å². The van der Waals surface area contributed by atoms with Crippen LogP contribution >= 0.6 is 12.4 Å². The SMILES string of the molecule is CS(=O)(=O)NCC12CCOCC1CNC2.Cl. The van der Waals surface area contributed by atoms with Crippen molar-refractivity contribution >= 4 is 22.4 Å². The third-order valence-corrected chi connectivity index (χ3v) is 4.15. The predicted octanol–water partition coefficient (Wildman–Crippen LogP) is -0.416. The van der Waals surface area contributed by atoms with Gasteiger partial charge in [0.05, 0.1) is 12.9 Å². The van der Waals surface area contributed by atoms with E-state index in [-0.39, 0.29) is 17.8 Å². The zero-order valence-electron chi connectivity index (χ0n) is 9.36. The van der Waals surface area contributed by atoms with Gasteiger partial charge in [-0.2, -0.15) is 0 Å². The summed E-state index contributed by atoms with van der Waals surface area (Å²) in [7, 11) is -3.09. The highest BCUT2D eigenvalue weighted by Gasteiger charge is 2.45. The molecule has 2 fully saturated rings. The molecule has 2 rings (SSSR count). The van der Waals surface area contributed by atoms with Crippen molar-refractivity contribution in [2.75, 3.05) is 39.1 Å². The molecule has 0 spiro atoms. The smallest absolute Gasteiger partial charge is 0.208 e. The van der Waals surface area contributed by atoms with E-state index in [4.69, 9.17) is 4.74 Å². The van der Waals surface area contributed by atoms with Gasteiger partial charge in [0.15, 0.2) is 0 Å². The number of fused-ring (bicyclic) bond motifs is 1. The summed E-state index contributed by atoms with van der Waals surface area (Å²) in [6, 6.07) is 0. The molecule has 0 aromatic heterocycles. The maximum atomic E-state index is 11.1. The summed E-state index contributed by atoms with van der Waals surface area (Å²) >= 11 is 0. The maximum absolute atomic E-state index is 11.1. The van der Waals surface area contributed by atoms with Gasteiger partial charge in [-0.15, -0.1) is 12.4 Å². The van der Waals surface area contributed by atoms with Gasteiger partial charge in [-0.3, -0.25) is 0 Å². The van der Waals surface area contributed by atoms with Crippen molar-refractivity contribution in [3.63, 3.8) is 0 Å². The van der Waals surface area contributed by atoms with Gasteiger partial charge < -0.3 is 10.1 Å². The number of ether oxygens (including phenoxy) is 1. The van der Waals surface area contributed by atoms with Crippen molar-refractivity contribution in [1.29, 1.82) is 0 Å². The topological polar surface area (TPSA) is 67.4 Å². The number of rotatable bonds is 3. The van der Waals surface area contributed by atoms with Gasteiger partial charge >= 0.3 is 0 Å². The van der Waals surface area contributed by atoms with Gasteiger partial charge in [0.1, 0.15) is 0 Å².